The third-order valence-corrected chi connectivity index (χ3v) is 3.13. The van der Waals surface area contributed by atoms with Crippen molar-refractivity contribution >= 4 is 18.0 Å². The van der Waals surface area contributed by atoms with Gasteiger partial charge in [-0.05, 0) is 18.9 Å². The number of alkyl carbamates (subject to hydrolysis) is 1. The molecule has 0 saturated heterocycles. The highest BCUT2D eigenvalue weighted by Crippen LogP contribution is 2.01. The van der Waals surface area contributed by atoms with Crippen molar-refractivity contribution in [3.8, 4) is 0 Å². The Kier molecular flexibility index (Phi) is 7.59. The van der Waals surface area contributed by atoms with Crippen molar-refractivity contribution in [3.63, 3.8) is 0 Å². The van der Waals surface area contributed by atoms with Gasteiger partial charge in [0.15, 0.2) is 0 Å². The van der Waals surface area contributed by atoms with Crippen molar-refractivity contribution in [1.82, 2.24) is 10.6 Å². The number of carbonyl (C=O) groups excluding carboxylic acids is 2. The molecule has 0 aromatic heterocycles. The Balaban J connectivity index is 2.41. The Morgan fingerprint density at radius 1 is 1.17 bits per heavy atom. The maximum absolute atomic E-state index is 11.9. The van der Waals surface area contributed by atoms with E-state index in [4.69, 9.17) is 9.84 Å². The van der Waals surface area contributed by atoms with Crippen molar-refractivity contribution < 1.29 is 24.2 Å². The number of aliphatic carboxylic acids is 1. The fraction of sp³-hybridized carbons (Fsp3) is 0.438. The number of rotatable bonds is 8. The Morgan fingerprint density at radius 2 is 1.83 bits per heavy atom. The van der Waals surface area contributed by atoms with E-state index in [9.17, 15) is 14.4 Å². The molecule has 7 nitrogen and oxygen atoms in total. The Bertz CT molecular complexity index is 533. The maximum Gasteiger partial charge on any atom is 0.408 e. The maximum atomic E-state index is 11.9. The topological polar surface area (TPSA) is 105 Å². The largest absolute Gasteiger partial charge is 0.480 e. The summed E-state index contributed by atoms with van der Waals surface area (Å²) < 4.78 is 5.00. The lowest BCUT2D eigenvalue weighted by atomic mass is 10.1. The van der Waals surface area contributed by atoms with E-state index in [2.05, 4.69) is 10.6 Å². The van der Waals surface area contributed by atoms with E-state index in [-0.39, 0.29) is 6.61 Å². The van der Waals surface area contributed by atoms with Gasteiger partial charge in [0, 0.05) is 0 Å². The number of carboxylic acids is 1. The molecule has 2 amide bonds. The highest BCUT2D eigenvalue weighted by Gasteiger charge is 2.23. The smallest absolute Gasteiger partial charge is 0.408 e. The van der Waals surface area contributed by atoms with Crippen LogP contribution in [0.3, 0.4) is 0 Å². The van der Waals surface area contributed by atoms with Gasteiger partial charge in [0.2, 0.25) is 5.91 Å². The summed E-state index contributed by atoms with van der Waals surface area (Å²) in [5.74, 6) is -1.67. The van der Waals surface area contributed by atoms with Crippen LogP contribution in [0.1, 0.15) is 32.3 Å². The summed E-state index contributed by atoms with van der Waals surface area (Å²) in [6, 6.07) is 7.27. The Morgan fingerprint density at radius 3 is 2.39 bits per heavy atom. The molecule has 0 heterocycles. The molecule has 0 spiro atoms. The molecule has 1 rings (SSSR count). The predicted octanol–water partition coefficient (Wildman–Crippen LogP) is 1.67. The summed E-state index contributed by atoms with van der Waals surface area (Å²) in [7, 11) is 0. The molecule has 3 N–H and O–H groups in total. The normalized spacial score (nSPS) is 12.8. The van der Waals surface area contributed by atoms with Crippen molar-refractivity contribution in [2.45, 2.75) is 45.4 Å². The number of carbonyl (C=O) groups is 3. The zero-order chi connectivity index (χ0) is 17.2. The third kappa shape index (κ3) is 6.82. The van der Waals surface area contributed by atoms with Gasteiger partial charge in [-0.1, -0.05) is 43.7 Å². The quantitative estimate of drug-likeness (QED) is 0.675. The van der Waals surface area contributed by atoms with Crippen LogP contribution in [0.25, 0.3) is 0 Å². The summed E-state index contributed by atoms with van der Waals surface area (Å²) in [5.41, 5.74) is 0.827. The lowest BCUT2D eigenvalue weighted by Crippen LogP contribution is -2.50. The summed E-state index contributed by atoms with van der Waals surface area (Å²) >= 11 is 0. The molecule has 1 aromatic carbocycles. The predicted molar refractivity (Wildman–Crippen MR) is 83.7 cm³/mol. The minimum absolute atomic E-state index is 0.0919. The van der Waals surface area contributed by atoms with Gasteiger partial charge in [-0.25, -0.2) is 9.59 Å². The van der Waals surface area contributed by atoms with E-state index < -0.39 is 30.1 Å². The van der Waals surface area contributed by atoms with Crippen LogP contribution < -0.4 is 10.6 Å². The summed E-state index contributed by atoms with van der Waals surface area (Å²) in [6.45, 7) is 3.38. The standard InChI is InChI=1S/C16H22N2O5/c1-3-7-13(15(20)21)18-14(19)11(2)17-16(22)23-10-12-8-5-4-6-9-12/h4-6,8-9,11,13H,3,7,10H2,1-2H3,(H,17,22)(H,18,19)(H,20,21)/t11-,13+/m0/s1. The minimum Gasteiger partial charge on any atom is -0.480 e. The number of hydrogen-bond acceptors (Lipinski definition) is 4. The number of nitrogens with one attached hydrogen (secondary N) is 2. The van der Waals surface area contributed by atoms with E-state index in [1.54, 1.807) is 0 Å². The van der Waals surface area contributed by atoms with E-state index in [1.165, 1.54) is 6.92 Å². The van der Waals surface area contributed by atoms with Crippen LogP contribution >= 0.6 is 0 Å². The molecule has 0 aliphatic rings. The second-order valence-corrected chi connectivity index (χ2v) is 5.12. The molecule has 0 unspecified atom stereocenters. The molecule has 0 aliphatic heterocycles. The number of amides is 2. The molecule has 126 valence electrons. The van der Waals surface area contributed by atoms with Crippen molar-refractivity contribution in [1.29, 1.82) is 0 Å². The highest BCUT2D eigenvalue weighted by atomic mass is 16.5. The average molecular weight is 322 g/mol. The monoisotopic (exact) mass is 322 g/mol. The van der Waals surface area contributed by atoms with Crippen molar-refractivity contribution in [2.75, 3.05) is 0 Å². The van der Waals surface area contributed by atoms with Crippen LogP contribution in [0.15, 0.2) is 30.3 Å². The summed E-state index contributed by atoms with van der Waals surface area (Å²) in [5, 5.41) is 13.8. The zero-order valence-electron chi connectivity index (χ0n) is 13.2. The molecular weight excluding hydrogens is 300 g/mol. The van der Waals surface area contributed by atoms with Crippen LogP contribution in [0.2, 0.25) is 0 Å². The lowest BCUT2D eigenvalue weighted by molar-refractivity contribution is -0.142. The van der Waals surface area contributed by atoms with Gasteiger partial charge in [0.25, 0.3) is 0 Å². The second kappa shape index (κ2) is 9.45. The molecule has 23 heavy (non-hydrogen) atoms. The van der Waals surface area contributed by atoms with E-state index >= 15 is 0 Å². The molecule has 0 aliphatic carbocycles. The molecule has 1 aromatic rings. The zero-order valence-corrected chi connectivity index (χ0v) is 13.2. The van der Waals surface area contributed by atoms with Crippen molar-refractivity contribution in [3.05, 3.63) is 35.9 Å². The van der Waals surface area contributed by atoms with E-state index in [0.29, 0.717) is 12.8 Å². The van der Waals surface area contributed by atoms with Gasteiger partial charge in [0.05, 0.1) is 0 Å². The Labute approximate surface area is 135 Å². The fourth-order valence-corrected chi connectivity index (χ4v) is 1.85. The summed E-state index contributed by atoms with van der Waals surface area (Å²) in [4.78, 5) is 34.5. The van der Waals surface area contributed by atoms with Gasteiger partial charge in [0.1, 0.15) is 18.7 Å². The van der Waals surface area contributed by atoms with Crippen molar-refractivity contribution in [2.24, 2.45) is 0 Å². The average Bonchev–Trinajstić information content (AvgIpc) is 2.53. The van der Waals surface area contributed by atoms with E-state index in [1.807, 2.05) is 37.3 Å². The van der Waals surface area contributed by atoms with Crippen LogP contribution in [0.4, 0.5) is 4.79 Å². The number of ether oxygens (including phenoxy) is 1. The molecule has 2 atom stereocenters. The van der Waals surface area contributed by atoms with E-state index in [0.717, 1.165) is 5.56 Å². The van der Waals surface area contributed by atoms with Crippen LogP contribution in [0.5, 0.6) is 0 Å². The first-order valence-corrected chi connectivity index (χ1v) is 7.44. The van der Waals surface area contributed by atoms with Gasteiger partial charge in [-0.3, -0.25) is 4.79 Å². The Hall–Kier alpha value is -2.57. The highest BCUT2D eigenvalue weighted by molar-refractivity contribution is 5.88. The first-order chi connectivity index (χ1) is 10.9. The van der Waals surface area contributed by atoms with Crippen LogP contribution in [-0.2, 0) is 20.9 Å². The van der Waals surface area contributed by atoms with Crippen LogP contribution in [0, 0.1) is 0 Å². The lowest BCUT2D eigenvalue weighted by Gasteiger charge is -2.18. The molecule has 0 radical (unpaired) electrons. The van der Waals surface area contributed by atoms with Crippen LogP contribution in [-0.4, -0.2) is 35.2 Å². The minimum atomic E-state index is -1.10. The van der Waals surface area contributed by atoms with Gasteiger partial charge in [-0.15, -0.1) is 0 Å². The summed E-state index contributed by atoms with van der Waals surface area (Å²) in [6.07, 6.45) is 0.212. The first-order valence-electron chi connectivity index (χ1n) is 7.44. The number of benzene rings is 1. The first kappa shape index (κ1) is 18.5. The van der Waals surface area contributed by atoms with Gasteiger partial charge in [-0.2, -0.15) is 0 Å². The number of carboxylic acid groups (broad SMARTS) is 1. The molecule has 7 heteroatoms. The second-order valence-electron chi connectivity index (χ2n) is 5.12. The van der Waals surface area contributed by atoms with Gasteiger partial charge < -0.3 is 20.5 Å². The SMILES string of the molecule is CCC[C@@H](NC(=O)[C@H](C)NC(=O)OCc1ccccc1)C(=O)O. The fourth-order valence-electron chi connectivity index (χ4n) is 1.85. The third-order valence-electron chi connectivity index (χ3n) is 3.13. The molecular formula is C16H22N2O5. The van der Waals surface area contributed by atoms with Gasteiger partial charge >= 0.3 is 12.1 Å². The molecule has 0 saturated carbocycles. The molecule has 0 bridgehead atoms. The molecule has 0 fully saturated rings. The number of hydrogen-bond donors (Lipinski definition) is 3.